The Morgan fingerprint density at radius 1 is 1.48 bits per heavy atom. The summed E-state index contributed by atoms with van der Waals surface area (Å²) in [5.74, 6) is -0.578. The molecular weight excluding hydrogens is 302 g/mol. The third kappa shape index (κ3) is 5.47. The first-order valence-electron chi connectivity index (χ1n) is 6.71. The summed E-state index contributed by atoms with van der Waals surface area (Å²) in [6.45, 7) is 1.37. The number of hydrogen-bond donors (Lipinski definition) is 2. The van der Waals surface area contributed by atoms with Gasteiger partial charge in [-0.2, -0.15) is 0 Å². The molecule has 0 fully saturated rings. The first kappa shape index (κ1) is 17.7. The number of aliphatic hydroxyl groups is 1. The maximum Gasteiger partial charge on any atom is 0.256 e. The number of anilines is 1. The molecule has 21 heavy (non-hydrogen) atoms. The van der Waals surface area contributed by atoms with Gasteiger partial charge in [0.05, 0.1) is 18.7 Å². The molecule has 0 heterocycles. The van der Waals surface area contributed by atoms with Crippen LogP contribution in [0.4, 0.5) is 14.5 Å². The molecule has 0 aliphatic carbocycles. The molecule has 2 N–H and O–H groups in total. The molecule has 4 nitrogen and oxygen atoms in total. The van der Waals surface area contributed by atoms with Crippen molar-refractivity contribution in [2.45, 2.75) is 19.8 Å². The van der Waals surface area contributed by atoms with E-state index < -0.39 is 18.9 Å². The first-order chi connectivity index (χ1) is 9.99. The molecule has 0 atom stereocenters. The van der Waals surface area contributed by atoms with Crippen molar-refractivity contribution in [3.8, 4) is 0 Å². The summed E-state index contributed by atoms with van der Waals surface area (Å²) in [5, 5.41) is 12.3. The molecule has 0 aliphatic heterocycles. The number of nitrogens with one attached hydrogen (secondary N) is 1. The number of halogens is 3. The van der Waals surface area contributed by atoms with E-state index in [1.54, 1.807) is 12.1 Å². The van der Waals surface area contributed by atoms with Gasteiger partial charge in [-0.25, -0.2) is 8.78 Å². The molecule has 0 saturated carbocycles. The van der Waals surface area contributed by atoms with E-state index in [-0.39, 0.29) is 18.7 Å². The lowest BCUT2D eigenvalue weighted by Gasteiger charge is -2.23. The first-order valence-corrected chi connectivity index (χ1v) is 7.09. The highest BCUT2D eigenvalue weighted by atomic mass is 35.5. The zero-order chi connectivity index (χ0) is 15.8. The fourth-order valence-electron chi connectivity index (χ4n) is 1.84. The van der Waals surface area contributed by atoms with E-state index >= 15 is 0 Å². The van der Waals surface area contributed by atoms with Crippen LogP contribution in [0.25, 0.3) is 0 Å². The van der Waals surface area contributed by atoms with E-state index in [1.807, 2.05) is 6.92 Å². The second-order valence-electron chi connectivity index (χ2n) is 4.48. The molecule has 1 rings (SSSR count). The summed E-state index contributed by atoms with van der Waals surface area (Å²) >= 11 is 5.89. The van der Waals surface area contributed by atoms with Crippen LogP contribution in [0.3, 0.4) is 0 Å². The number of rotatable bonds is 8. The molecule has 118 valence electrons. The standard InChI is InChI=1S/C14H19ClF2N2O2/c1-2-5-18-12-4-3-10(15)8-11(12)14(21)19(6-7-20)9-13(16)17/h3-4,8,13,18,20H,2,5-7,9H2,1H3. The van der Waals surface area contributed by atoms with E-state index in [9.17, 15) is 13.6 Å². The number of benzene rings is 1. The fraction of sp³-hybridized carbons (Fsp3) is 0.500. The Labute approximate surface area is 127 Å². The minimum absolute atomic E-state index is 0.150. The van der Waals surface area contributed by atoms with Crippen molar-refractivity contribution < 1.29 is 18.7 Å². The highest BCUT2D eigenvalue weighted by molar-refractivity contribution is 6.31. The number of amides is 1. The minimum atomic E-state index is -2.66. The lowest BCUT2D eigenvalue weighted by molar-refractivity contribution is 0.0510. The Morgan fingerprint density at radius 2 is 2.19 bits per heavy atom. The predicted molar refractivity (Wildman–Crippen MR) is 79.2 cm³/mol. The summed E-state index contributed by atoms with van der Waals surface area (Å²) in [7, 11) is 0. The Balaban J connectivity index is 3.03. The fourth-order valence-corrected chi connectivity index (χ4v) is 2.01. The normalized spacial score (nSPS) is 10.8. The number of hydrogen-bond acceptors (Lipinski definition) is 3. The number of aliphatic hydroxyl groups excluding tert-OH is 1. The number of alkyl halides is 2. The lowest BCUT2D eigenvalue weighted by Crippen LogP contribution is -2.37. The Morgan fingerprint density at radius 3 is 2.76 bits per heavy atom. The van der Waals surface area contributed by atoms with Crippen molar-refractivity contribution in [2.75, 3.05) is 31.6 Å². The second-order valence-corrected chi connectivity index (χ2v) is 4.92. The van der Waals surface area contributed by atoms with Crippen LogP contribution in [-0.4, -0.2) is 48.6 Å². The third-order valence-electron chi connectivity index (χ3n) is 2.79. The van der Waals surface area contributed by atoms with Crippen LogP contribution in [0.5, 0.6) is 0 Å². The van der Waals surface area contributed by atoms with Gasteiger partial charge in [-0.1, -0.05) is 18.5 Å². The molecule has 0 saturated heterocycles. The van der Waals surface area contributed by atoms with Gasteiger partial charge in [-0.05, 0) is 24.6 Å². The zero-order valence-corrected chi connectivity index (χ0v) is 12.5. The largest absolute Gasteiger partial charge is 0.395 e. The molecule has 1 aromatic carbocycles. The van der Waals surface area contributed by atoms with Gasteiger partial charge < -0.3 is 15.3 Å². The number of nitrogens with zero attached hydrogens (tertiary/aromatic N) is 1. The average Bonchev–Trinajstić information content (AvgIpc) is 2.44. The van der Waals surface area contributed by atoms with Crippen molar-refractivity contribution in [2.24, 2.45) is 0 Å². The summed E-state index contributed by atoms with van der Waals surface area (Å²) in [6, 6.07) is 4.71. The number of carbonyl (C=O) groups excluding carboxylic acids is 1. The average molecular weight is 321 g/mol. The lowest BCUT2D eigenvalue weighted by atomic mass is 10.1. The predicted octanol–water partition coefficient (Wildman–Crippen LogP) is 2.86. The Bertz CT molecular complexity index is 472. The Hall–Kier alpha value is -1.40. The Kier molecular flexibility index (Phi) is 7.39. The second kappa shape index (κ2) is 8.79. The maximum atomic E-state index is 12.5. The van der Waals surface area contributed by atoms with Gasteiger partial charge in [0.1, 0.15) is 0 Å². The van der Waals surface area contributed by atoms with Gasteiger partial charge in [0.2, 0.25) is 0 Å². The minimum Gasteiger partial charge on any atom is -0.395 e. The van der Waals surface area contributed by atoms with Crippen molar-refractivity contribution in [1.82, 2.24) is 4.90 Å². The maximum absolute atomic E-state index is 12.5. The molecule has 0 bridgehead atoms. The summed E-state index contributed by atoms with van der Waals surface area (Å²) < 4.78 is 25.1. The smallest absolute Gasteiger partial charge is 0.256 e. The van der Waals surface area contributed by atoms with Crippen molar-refractivity contribution in [3.05, 3.63) is 28.8 Å². The van der Waals surface area contributed by atoms with Gasteiger partial charge in [-0.3, -0.25) is 4.79 Å². The summed E-state index contributed by atoms with van der Waals surface area (Å²) in [4.78, 5) is 13.3. The van der Waals surface area contributed by atoms with Crippen molar-refractivity contribution in [1.29, 1.82) is 0 Å². The molecular formula is C14H19ClF2N2O2. The van der Waals surface area contributed by atoms with Gasteiger partial charge in [0.25, 0.3) is 12.3 Å². The molecule has 0 aliphatic rings. The molecule has 1 amide bonds. The van der Waals surface area contributed by atoms with Gasteiger partial charge in [0.15, 0.2) is 0 Å². The quantitative estimate of drug-likeness (QED) is 0.774. The highest BCUT2D eigenvalue weighted by Crippen LogP contribution is 2.22. The van der Waals surface area contributed by atoms with E-state index in [0.29, 0.717) is 17.3 Å². The number of carbonyl (C=O) groups is 1. The third-order valence-corrected chi connectivity index (χ3v) is 3.03. The van der Waals surface area contributed by atoms with E-state index in [0.717, 1.165) is 11.3 Å². The highest BCUT2D eigenvalue weighted by Gasteiger charge is 2.22. The van der Waals surface area contributed by atoms with Crippen LogP contribution in [0.15, 0.2) is 18.2 Å². The summed E-state index contributed by atoms with van der Waals surface area (Å²) in [6.07, 6.45) is -1.81. The van der Waals surface area contributed by atoms with Crippen LogP contribution in [0.1, 0.15) is 23.7 Å². The van der Waals surface area contributed by atoms with Crippen LogP contribution in [0, 0.1) is 0 Å². The topological polar surface area (TPSA) is 52.6 Å². The van der Waals surface area contributed by atoms with E-state index in [2.05, 4.69) is 5.32 Å². The van der Waals surface area contributed by atoms with E-state index in [1.165, 1.54) is 6.07 Å². The van der Waals surface area contributed by atoms with Crippen LogP contribution in [0.2, 0.25) is 5.02 Å². The van der Waals surface area contributed by atoms with E-state index in [4.69, 9.17) is 16.7 Å². The van der Waals surface area contributed by atoms with Crippen LogP contribution < -0.4 is 5.32 Å². The van der Waals surface area contributed by atoms with Crippen molar-refractivity contribution in [3.63, 3.8) is 0 Å². The van der Waals surface area contributed by atoms with Crippen LogP contribution in [-0.2, 0) is 0 Å². The SMILES string of the molecule is CCCNc1ccc(Cl)cc1C(=O)N(CCO)CC(F)F. The van der Waals surface area contributed by atoms with Gasteiger partial charge in [-0.15, -0.1) is 0 Å². The van der Waals surface area contributed by atoms with Crippen LogP contribution >= 0.6 is 11.6 Å². The molecule has 0 aromatic heterocycles. The van der Waals surface area contributed by atoms with Crippen molar-refractivity contribution >= 4 is 23.2 Å². The summed E-state index contributed by atoms with van der Waals surface area (Å²) in [5.41, 5.74) is 0.772. The molecule has 0 unspecified atom stereocenters. The molecule has 0 radical (unpaired) electrons. The molecule has 0 spiro atoms. The zero-order valence-electron chi connectivity index (χ0n) is 11.8. The molecule has 1 aromatic rings. The molecule has 7 heteroatoms. The van der Waals surface area contributed by atoms with Gasteiger partial charge >= 0.3 is 0 Å². The van der Waals surface area contributed by atoms with Gasteiger partial charge in [0, 0.05) is 23.8 Å². The monoisotopic (exact) mass is 320 g/mol.